The van der Waals surface area contributed by atoms with Crippen molar-refractivity contribution in [1.29, 1.82) is 0 Å². The first-order valence-corrected chi connectivity index (χ1v) is 8.03. The Kier molecular flexibility index (Phi) is 5.39. The molecule has 1 unspecified atom stereocenters. The summed E-state index contributed by atoms with van der Waals surface area (Å²) in [5.74, 6) is 1.47. The number of ether oxygens (including phenoxy) is 2. The van der Waals surface area contributed by atoms with Gasteiger partial charge in [0.2, 0.25) is 0 Å². The van der Waals surface area contributed by atoms with Gasteiger partial charge >= 0.3 is 0 Å². The molecule has 2 aromatic rings. The second kappa shape index (κ2) is 7.27. The number of methoxy groups -OCH3 is 2. The summed E-state index contributed by atoms with van der Waals surface area (Å²) in [6, 6.07) is 14.7. The normalized spacial score (nSPS) is 11.8. The molecular formula is C17H21NO2S. The van der Waals surface area contributed by atoms with Gasteiger partial charge in [-0.05, 0) is 43.0 Å². The third-order valence-corrected chi connectivity index (χ3v) is 4.13. The van der Waals surface area contributed by atoms with E-state index in [1.54, 1.807) is 26.0 Å². The van der Waals surface area contributed by atoms with Crippen molar-refractivity contribution in [1.82, 2.24) is 0 Å². The van der Waals surface area contributed by atoms with Gasteiger partial charge in [-0.2, -0.15) is 0 Å². The van der Waals surface area contributed by atoms with Crippen molar-refractivity contribution in [2.75, 3.05) is 25.8 Å². The second-order valence-electron chi connectivity index (χ2n) is 4.71. The molecule has 0 aliphatic rings. The van der Waals surface area contributed by atoms with Crippen molar-refractivity contribution in [3.63, 3.8) is 0 Å². The maximum absolute atomic E-state index is 5.33. The Morgan fingerprint density at radius 1 is 0.952 bits per heavy atom. The number of nitrogens with one attached hydrogen (secondary N) is 1. The molecule has 0 aromatic heterocycles. The van der Waals surface area contributed by atoms with Gasteiger partial charge in [0.15, 0.2) is 11.5 Å². The molecule has 21 heavy (non-hydrogen) atoms. The fraction of sp³-hybridized carbons (Fsp3) is 0.294. The van der Waals surface area contributed by atoms with Crippen molar-refractivity contribution >= 4 is 17.4 Å². The summed E-state index contributed by atoms with van der Waals surface area (Å²) >= 11 is 1.75. The van der Waals surface area contributed by atoms with Crippen LogP contribution in [0.4, 0.5) is 5.69 Å². The minimum absolute atomic E-state index is 0.221. The molecule has 0 spiro atoms. The third kappa shape index (κ3) is 3.85. The van der Waals surface area contributed by atoms with E-state index < -0.39 is 0 Å². The van der Waals surface area contributed by atoms with Gasteiger partial charge in [-0.1, -0.05) is 12.1 Å². The van der Waals surface area contributed by atoms with Crippen LogP contribution in [0.25, 0.3) is 0 Å². The van der Waals surface area contributed by atoms with Gasteiger partial charge in [0.1, 0.15) is 0 Å². The summed E-state index contributed by atoms with van der Waals surface area (Å²) < 4.78 is 10.6. The Morgan fingerprint density at radius 2 is 1.62 bits per heavy atom. The predicted octanol–water partition coefficient (Wildman–Crippen LogP) is 4.60. The molecule has 0 aliphatic heterocycles. The lowest BCUT2D eigenvalue weighted by Crippen LogP contribution is -2.06. The number of thioether (sulfide) groups is 1. The van der Waals surface area contributed by atoms with Crippen molar-refractivity contribution in [2.24, 2.45) is 0 Å². The van der Waals surface area contributed by atoms with E-state index >= 15 is 0 Å². The number of rotatable bonds is 6. The average Bonchev–Trinajstić information content (AvgIpc) is 2.54. The first-order valence-electron chi connectivity index (χ1n) is 6.80. The SMILES string of the molecule is COc1ccc(NC(C)c2ccc(SC)cc2)cc1OC. The quantitative estimate of drug-likeness (QED) is 0.790. The molecule has 0 amide bonds. The van der Waals surface area contributed by atoms with Gasteiger partial charge in [0.25, 0.3) is 0 Å². The topological polar surface area (TPSA) is 30.5 Å². The van der Waals surface area contributed by atoms with E-state index in [4.69, 9.17) is 9.47 Å². The van der Waals surface area contributed by atoms with Gasteiger partial charge in [-0.25, -0.2) is 0 Å². The Hall–Kier alpha value is -1.81. The van der Waals surface area contributed by atoms with E-state index in [2.05, 4.69) is 42.8 Å². The Labute approximate surface area is 130 Å². The van der Waals surface area contributed by atoms with Crippen LogP contribution in [0, 0.1) is 0 Å². The van der Waals surface area contributed by atoms with Crippen LogP contribution < -0.4 is 14.8 Å². The predicted molar refractivity (Wildman–Crippen MR) is 89.8 cm³/mol. The molecule has 1 N–H and O–H groups in total. The Balaban J connectivity index is 2.12. The smallest absolute Gasteiger partial charge is 0.162 e. The summed E-state index contributed by atoms with van der Waals surface area (Å²) in [7, 11) is 3.28. The van der Waals surface area contributed by atoms with E-state index in [0.29, 0.717) is 0 Å². The van der Waals surface area contributed by atoms with Crippen LogP contribution in [0.3, 0.4) is 0 Å². The molecule has 0 radical (unpaired) electrons. The molecule has 2 aromatic carbocycles. The number of hydrogen-bond donors (Lipinski definition) is 1. The van der Waals surface area contributed by atoms with Gasteiger partial charge < -0.3 is 14.8 Å². The van der Waals surface area contributed by atoms with Crippen LogP contribution >= 0.6 is 11.8 Å². The van der Waals surface area contributed by atoms with Gasteiger partial charge in [0.05, 0.1) is 14.2 Å². The Bertz CT molecular complexity index is 584. The molecule has 3 nitrogen and oxygen atoms in total. The fourth-order valence-corrected chi connectivity index (χ4v) is 2.56. The van der Waals surface area contributed by atoms with Crippen molar-refractivity contribution in [3.8, 4) is 11.5 Å². The van der Waals surface area contributed by atoms with Crippen LogP contribution in [-0.4, -0.2) is 20.5 Å². The molecule has 0 aliphatic carbocycles. The Morgan fingerprint density at radius 3 is 2.19 bits per heavy atom. The summed E-state index contributed by atoms with van der Waals surface area (Å²) in [6.45, 7) is 2.14. The standard InChI is InChI=1S/C17H21NO2S/c1-12(13-5-8-15(21-4)9-6-13)18-14-7-10-16(19-2)17(11-14)20-3/h5-12,18H,1-4H3. The molecule has 4 heteroatoms. The van der Waals surface area contributed by atoms with Crippen molar-refractivity contribution in [2.45, 2.75) is 17.9 Å². The fourth-order valence-electron chi connectivity index (χ4n) is 2.15. The van der Waals surface area contributed by atoms with Crippen LogP contribution in [0.2, 0.25) is 0 Å². The minimum atomic E-state index is 0.221. The lowest BCUT2D eigenvalue weighted by Gasteiger charge is -2.17. The van der Waals surface area contributed by atoms with E-state index in [1.165, 1.54) is 10.5 Å². The zero-order valence-corrected chi connectivity index (χ0v) is 13.7. The van der Waals surface area contributed by atoms with E-state index in [1.807, 2.05) is 18.2 Å². The molecule has 0 saturated heterocycles. The number of anilines is 1. The molecule has 0 saturated carbocycles. The number of benzene rings is 2. The highest BCUT2D eigenvalue weighted by molar-refractivity contribution is 7.98. The maximum Gasteiger partial charge on any atom is 0.162 e. The van der Waals surface area contributed by atoms with Gasteiger partial charge in [-0.3, -0.25) is 0 Å². The molecule has 1 atom stereocenters. The van der Waals surface area contributed by atoms with Crippen LogP contribution in [0.15, 0.2) is 47.4 Å². The highest BCUT2D eigenvalue weighted by atomic mass is 32.2. The van der Waals surface area contributed by atoms with Crippen molar-refractivity contribution < 1.29 is 9.47 Å². The highest BCUT2D eigenvalue weighted by Crippen LogP contribution is 2.31. The summed E-state index contributed by atoms with van der Waals surface area (Å²) in [6.07, 6.45) is 2.08. The zero-order chi connectivity index (χ0) is 15.2. The monoisotopic (exact) mass is 303 g/mol. The van der Waals surface area contributed by atoms with Crippen molar-refractivity contribution in [3.05, 3.63) is 48.0 Å². The minimum Gasteiger partial charge on any atom is -0.493 e. The maximum atomic E-state index is 5.33. The first kappa shape index (κ1) is 15.6. The average molecular weight is 303 g/mol. The lowest BCUT2D eigenvalue weighted by molar-refractivity contribution is 0.355. The molecule has 0 bridgehead atoms. The lowest BCUT2D eigenvalue weighted by atomic mass is 10.1. The summed E-state index contributed by atoms with van der Waals surface area (Å²) in [5.41, 5.74) is 2.26. The third-order valence-electron chi connectivity index (χ3n) is 3.38. The van der Waals surface area contributed by atoms with E-state index in [9.17, 15) is 0 Å². The molecule has 0 fully saturated rings. The first-order chi connectivity index (χ1) is 10.2. The second-order valence-corrected chi connectivity index (χ2v) is 5.59. The van der Waals surface area contributed by atoms with E-state index in [0.717, 1.165) is 17.2 Å². The van der Waals surface area contributed by atoms with Crippen LogP contribution in [0.5, 0.6) is 11.5 Å². The molecule has 2 rings (SSSR count). The number of hydrogen-bond acceptors (Lipinski definition) is 4. The van der Waals surface area contributed by atoms with Crippen LogP contribution in [-0.2, 0) is 0 Å². The molecule has 0 heterocycles. The highest BCUT2D eigenvalue weighted by Gasteiger charge is 2.08. The van der Waals surface area contributed by atoms with Crippen LogP contribution in [0.1, 0.15) is 18.5 Å². The van der Waals surface area contributed by atoms with Gasteiger partial charge in [0, 0.05) is 22.7 Å². The summed E-state index contributed by atoms with van der Waals surface area (Å²) in [4.78, 5) is 1.28. The van der Waals surface area contributed by atoms with Gasteiger partial charge in [-0.15, -0.1) is 11.8 Å². The largest absolute Gasteiger partial charge is 0.493 e. The van der Waals surface area contributed by atoms with E-state index in [-0.39, 0.29) is 6.04 Å². The molecule has 112 valence electrons. The summed E-state index contributed by atoms with van der Waals surface area (Å²) in [5, 5.41) is 3.48. The zero-order valence-electron chi connectivity index (χ0n) is 12.8. The molecular weight excluding hydrogens is 282 g/mol.